The van der Waals surface area contributed by atoms with Crippen LogP contribution in [-0.4, -0.2) is 86.8 Å². The normalized spacial score (nSPS) is 15.4. The molecule has 0 aromatic heterocycles. The SMILES string of the molecule is CCOC(=O)N1CCN(C(=O)NCCCN(C)C)CC1. The Morgan fingerprint density at radius 2 is 1.75 bits per heavy atom. The first-order valence-electron chi connectivity index (χ1n) is 7.13. The summed E-state index contributed by atoms with van der Waals surface area (Å²) in [5, 5.41) is 2.90. The molecule has 0 radical (unpaired) electrons. The van der Waals surface area contributed by atoms with Gasteiger partial charge in [-0.3, -0.25) is 0 Å². The van der Waals surface area contributed by atoms with Crippen LogP contribution in [0.15, 0.2) is 0 Å². The summed E-state index contributed by atoms with van der Waals surface area (Å²) in [6.45, 7) is 5.97. The Labute approximate surface area is 120 Å². The van der Waals surface area contributed by atoms with Crippen LogP contribution in [0.4, 0.5) is 9.59 Å². The molecule has 0 saturated carbocycles. The average Bonchev–Trinajstić information content (AvgIpc) is 2.43. The maximum atomic E-state index is 11.9. The van der Waals surface area contributed by atoms with Gasteiger partial charge in [0.25, 0.3) is 0 Å². The third-order valence-electron chi connectivity index (χ3n) is 3.15. The van der Waals surface area contributed by atoms with Crippen LogP contribution in [0.1, 0.15) is 13.3 Å². The van der Waals surface area contributed by atoms with Gasteiger partial charge < -0.3 is 24.8 Å². The van der Waals surface area contributed by atoms with Gasteiger partial charge in [0.15, 0.2) is 0 Å². The van der Waals surface area contributed by atoms with Gasteiger partial charge in [-0.15, -0.1) is 0 Å². The third-order valence-corrected chi connectivity index (χ3v) is 3.15. The number of rotatable bonds is 5. The molecule has 1 aliphatic heterocycles. The van der Waals surface area contributed by atoms with Crippen molar-refractivity contribution in [1.29, 1.82) is 0 Å². The number of carbonyl (C=O) groups is 2. The highest BCUT2D eigenvalue weighted by molar-refractivity contribution is 5.75. The van der Waals surface area contributed by atoms with Gasteiger partial charge in [-0.05, 0) is 34.0 Å². The van der Waals surface area contributed by atoms with Crippen molar-refractivity contribution in [2.45, 2.75) is 13.3 Å². The Balaban J connectivity index is 2.20. The molecule has 20 heavy (non-hydrogen) atoms. The van der Waals surface area contributed by atoms with E-state index in [2.05, 4.69) is 10.2 Å². The molecule has 0 unspecified atom stereocenters. The van der Waals surface area contributed by atoms with Crippen molar-refractivity contribution >= 4 is 12.1 Å². The number of carbonyl (C=O) groups excluding carboxylic acids is 2. The van der Waals surface area contributed by atoms with E-state index in [1.807, 2.05) is 14.1 Å². The lowest BCUT2D eigenvalue weighted by Crippen LogP contribution is -2.53. The number of nitrogens with one attached hydrogen (secondary N) is 1. The maximum Gasteiger partial charge on any atom is 0.409 e. The first-order valence-corrected chi connectivity index (χ1v) is 7.13. The number of nitrogens with zero attached hydrogens (tertiary/aromatic N) is 3. The Morgan fingerprint density at radius 1 is 1.15 bits per heavy atom. The molecule has 1 fully saturated rings. The summed E-state index contributed by atoms with van der Waals surface area (Å²) in [7, 11) is 4.02. The van der Waals surface area contributed by atoms with Crippen LogP contribution >= 0.6 is 0 Å². The van der Waals surface area contributed by atoms with Gasteiger partial charge in [-0.1, -0.05) is 0 Å². The van der Waals surface area contributed by atoms with Gasteiger partial charge >= 0.3 is 12.1 Å². The standard InChI is InChI=1S/C13H26N4O3/c1-4-20-13(19)17-10-8-16(9-11-17)12(18)14-6-5-7-15(2)3/h4-11H2,1-3H3,(H,14,18). The van der Waals surface area contributed by atoms with E-state index in [0.717, 1.165) is 13.0 Å². The van der Waals surface area contributed by atoms with Crippen LogP contribution in [-0.2, 0) is 4.74 Å². The summed E-state index contributed by atoms with van der Waals surface area (Å²) in [6, 6.07) is -0.0488. The molecule has 1 rings (SSSR count). The zero-order valence-electron chi connectivity index (χ0n) is 12.7. The number of hydrogen-bond acceptors (Lipinski definition) is 4. The van der Waals surface area contributed by atoms with Crippen molar-refractivity contribution in [3.8, 4) is 0 Å². The van der Waals surface area contributed by atoms with E-state index in [4.69, 9.17) is 4.74 Å². The Hall–Kier alpha value is -1.50. The van der Waals surface area contributed by atoms with Crippen LogP contribution in [0.3, 0.4) is 0 Å². The highest BCUT2D eigenvalue weighted by Gasteiger charge is 2.24. The van der Waals surface area contributed by atoms with Gasteiger partial charge in [0, 0.05) is 32.7 Å². The van der Waals surface area contributed by atoms with E-state index < -0.39 is 0 Å². The van der Waals surface area contributed by atoms with Crippen LogP contribution in [0, 0.1) is 0 Å². The van der Waals surface area contributed by atoms with E-state index in [0.29, 0.717) is 39.3 Å². The molecule has 116 valence electrons. The van der Waals surface area contributed by atoms with Gasteiger partial charge in [-0.2, -0.15) is 0 Å². The molecule has 0 atom stereocenters. The molecule has 1 N–H and O–H groups in total. The highest BCUT2D eigenvalue weighted by Crippen LogP contribution is 2.04. The van der Waals surface area contributed by atoms with Crippen molar-refractivity contribution in [3.63, 3.8) is 0 Å². The lowest BCUT2D eigenvalue weighted by atomic mass is 10.3. The van der Waals surface area contributed by atoms with Crippen molar-refractivity contribution < 1.29 is 14.3 Å². The Kier molecular flexibility index (Phi) is 7.14. The van der Waals surface area contributed by atoms with E-state index in [1.54, 1.807) is 16.7 Å². The largest absolute Gasteiger partial charge is 0.450 e. The monoisotopic (exact) mass is 286 g/mol. The fourth-order valence-electron chi connectivity index (χ4n) is 2.01. The van der Waals surface area contributed by atoms with E-state index >= 15 is 0 Å². The summed E-state index contributed by atoms with van der Waals surface area (Å²) >= 11 is 0. The van der Waals surface area contributed by atoms with Crippen LogP contribution in [0.2, 0.25) is 0 Å². The highest BCUT2D eigenvalue weighted by atomic mass is 16.6. The Morgan fingerprint density at radius 3 is 2.30 bits per heavy atom. The fourth-order valence-corrected chi connectivity index (χ4v) is 2.01. The number of piperazine rings is 1. The molecule has 0 spiro atoms. The van der Waals surface area contributed by atoms with Crippen LogP contribution < -0.4 is 5.32 Å². The second kappa shape index (κ2) is 8.63. The molecule has 7 nitrogen and oxygen atoms in total. The Bertz CT molecular complexity index is 315. The molecule has 0 aliphatic carbocycles. The molecule has 0 aromatic carbocycles. The van der Waals surface area contributed by atoms with Crippen molar-refractivity contribution in [2.75, 3.05) is 60.0 Å². The molecule has 3 amide bonds. The first kappa shape index (κ1) is 16.6. The summed E-state index contributed by atoms with van der Waals surface area (Å²) in [5.41, 5.74) is 0. The van der Waals surface area contributed by atoms with Crippen molar-refractivity contribution in [1.82, 2.24) is 20.0 Å². The second-order valence-electron chi connectivity index (χ2n) is 5.06. The summed E-state index contributed by atoms with van der Waals surface area (Å²) < 4.78 is 4.94. The van der Waals surface area contributed by atoms with Gasteiger partial charge in [-0.25, -0.2) is 9.59 Å². The molecule has 1 heterocycles. The van der Waals surface area contributed by atoms with Crippen LogP contribution in [0.5, 0.6) is 0 Å². The quantitative estimate of drug-likeness (QED) is 0.744. The molecule has 0 bridgehead atoms. The minimum atomic E-state index is -0.293. The lowest BCUT2D eigenvalue weighted by Gasteiger charge is -2.34. The molecule has 0 aromatic rings. The van der Waals surface area contributed by atoms with Crippen molar-refractivity contribution in [3.05, 3.63) is 0 Å². The summed E-state index contributed by atoms with van der Waals surface area (Å²) in [5.74, 6) is 0. The smallest absolute Gasteiger partial charge is 0.409 e. The lowest BCUT2D eigenvalue weighted by molar-refractivity contribution is 0.0852. The predicted molar refractivity (Wildman–Crippen MR) is 76.7 cm³/mol. The molecule has 1 aliphatic rings. The van der Waals surface area contributed by atoms with Gasteiger partial charge in [0.2, 0.25) is 0 Å². The first-order chi connectivity index (χ1) is 9.54. The van der Waals surface area contributed by atoms with E-state index in [9.17, 15) is 9.59 Å². The molecule has 7 heteroatoms. The zero-order chi connectivity index (χ0) is 15.0. The topological polar surface area (TPSA) is 65.1 Å². The number of hydrogen-bond donors (Lipinski definition) is 1. The zero-order valence-corrected chi connectivity index (χ0v) is 12.7. The molecular formula is C13H26N4O3. The molecule has 1 saturated heterocycles. The van der Waals surface area contributed by atoms with Gasteiger partial charge in [0.1, 0.15) is 0 Å². The van der Waals surface area contributed by atoms with Crippen LogP contribution in [0.25, 0.3) is 0 Å². The number of urea groups is 1. The van der Waals surface area contributed by atoms with E-state index in [-0.39, 0.29) is 12.1 Å². The number of amides is 3. The predicted octanol–water partition coefficient (Wildman–Crippen LogP) is 0.422. The number of ether oxygens (including phenoxy) is 1. The third kappa shape index (κ3) is 5.64. The van der Waals surface area contributed by atoms with E-state index in [1.165, 1.54) is 0 Å². The average molecular weight is 286 g/mol. The van der Waals surface area contributed by atoms with Crippen molar-refractivity contribution in [2.24, 2.45) is 0 Å². The molecular weight excluding hydrogens is 260 g/mol. The second-order valence-corrected chi connectivity index (χ2v) is 5.06. The summed E-state index contributed by atoms with van der Waals surface area (Å²) in [6.07, 6.45) is 0.639. The summed E-state index contributed by atoms with van der Waals surface area (Å²) in [4.78, 5) is 28.9. The fraction of sp³-hybridized carbons (Fsp3) is 0.846. The minimum Gasteiger partial charge on any atom is -0.450 e. The maximum absolute atomic E-state index is 11.9. The van der Waals surface area contributed by atoms with Gasteiger partial charge in [0.05, 0.1) is 6.61 Å². The minimum absolute atomic E-state index is 0.0488.